The summed E-state index contributed by atoms with van der Waals surface area (Å²) < 4.78 is 120. The molecule has 0 unspecified atom stereocenters. The molecule has 5 heterocycles. The number of aromatic nitrogens is 5. The lowest BCUT2D eigenvalue weighted by molar-refractivity contribution is -0.661. The highest BCUT2D eigenvalue weighted by Crippen LogP contribution is 2.27. The van der Waals surface area contributed by atoms with E-state index in [0.29, 0.717) is 0 Å². The molecule has 0 bridgehead atoms. The van der Waals surface area contributed by atoms with Crippen molar-refractivity contribution in [1.29, 1.82) is 0 Å². The molecule has 0 aliphatic rings. The van der Waals surface area contributed by atoms with Crippen LogP contribution in [0.1, 0.15) is 176 Å². The number of aryl methyl sites for hydroxylation is 18. The Bertz CT molecular complexity index is 4370. The highest BCUT2D eigenvalue weighted by atomic mass is 14.9. The first-order chi connectivity index (χ1) is 46.3. The predicted octanol–water partition coefficient (Wildman–Crippen LogP) is 20.3. The molecule has 0 spiro atoms. The number of nitrogens with zero attached hydrogens (tertiary/aromatic N) is 5. The minimum absolute atomic E-state index is 0. The molecule has 0 aliphatic heterocycles. The summed E-state index contributed by atoms with van der Waals surface area (Å²) in [6.45, 7) is 20.2. The summed E-state index contributed by atoms with van der Waals surface area (Å²) in [5.41, 5.74) is 22.3. The van der Waals surface area contributed by atoms with Crippen LogP contribution in [-0.2, 0) is 67.2 Å². The third-order valence-corrected chi connectivity index (χ3v) is 15.5. The van der Waals surface area contributed by atoms with Gasteiger partial charge in [0.15, 0.2) is 31.0 Å². The molecule has 0 atom stereocenters. The van der Waals surface area contributed by atoms with Crippen LogP contribution in [-0.4, -0.2) is 0 Å². The molecule has 5 aromatic carbocycles. The quantitative estimate of drug-likeness (QED) is 0.115. The Labute approximate surface area is 576 Å². The summed E-state index contributed by atoms with van der Waals surface area (Å²) in [7, 11) is 9.66. The monoisotopic (exact) mass is 1240 g/mol. The van der Waals surface area contributed by atoms with Crippen LogP contribution in [0.5, 0.6) is 0 Å². The fourth-order valence-electron chi connectivity index (χ4n) is 10.5. The summed E-state index contributed by atoms with van der Waals surface area (Å²) in [6, 6.07) is 52.1. The maximum absolute atomic E-state index is 8.26. The summed E-state index contributed by atoms with van der Waals surface area (Å²) in [5.74, 6) is -0.0556. The zero-order chi connectivity index (χ0) is 74.9. The van der Waals surface area contributed by atoms with E-state index in [2.05, 4.69) is 113 Å². The van der Waals surface area contributed by atoms with Crippen LogP contribution in [0.2, 0.25) is 0 Å². The van der Waals surface area contributed by atoms with Crippen molar-refractivity contribution in [2.24, 2.45) is 41.2 Å². The first-order valence-corrected chi connectivity index (χ1v) is 29.7. The van der Waals surface area contributed by atoms with Gasteiger partial charge >= 0.3 is 0 Å². The van der Waals surface area contributed by atoms with Gasteiger partial charge in [0, 0.05) is 106 Å². The van der Waals surface area contributed by atoms with Crippen LogP contribution in [0.4, 0.5) is 0 Å². The van der Waals surface area contributed by atoms with Crippen LogP contribution in [0.15, 0.2) is 189 Å². The van der Waals surface area contributed by atoms with Crippen LogP contribution < -0.4 is 22.8 Å². The van der Waals surface area contributed by atoms with Gasteiger partial charge in [0.05, 0.1) is 0 Å². The summed E-state index contributed by atoms with van der Waals surface area (Å²) >= 11 is 0. The summed E-state index contributed by atoms with van der Waals surface area (Å²) in [5, 5.41) is 0. The Morgan fingerprint density at radius 1 is 0.330 bits per heavy atom. The molecular weight excluding hydrogens is 1100 g/mol. The van der Waals surface area contributed by atoms with E-state index in [-0.39, 0.29) is 65.3 Å². The molecule has 0 saturated carbocycles. The van der Waals surface area contributed by atoms with Crippen molar-refractivity contribution in [3.63, 3.8) is 0 Å². The van der Waals surface area contributed by atoms with Crippen molar-refractivity contribution < 1.29 is 42.0 Å². The van der Waals surface area contributed by atoms with Crippen molar-refractivity contribution in [3.8, 4) is 56.3 Å². The molecule has 486 valence electrons. The van der Waals surface area contributed by atoms with Crippen LogP contribution in [0.3, 0.4) is 0 Å². The topological polar surface area (TPSA) is 19.4 Å². The van der Waals surface area contributed by atoms with E-state index in [1.54, 1.807) is 42.3 Å². The van der Waals surface area contributed by atoms with Gasteiger partial charge in [0.25, 0.3) is 0 Å². The molecule has 10 rings (SSSR count). The van der Waals surface area contributed by atoms with Crippen molar-refractivity contribution in [1.82, 2.24) is 0 Å². The van der Waals surface area contributed by atoms with Crippen LogP contribution >= 0.6 is 0 Å². The zero-order valence-electron chi connectivity index (χ0n) is 68.4. The highest BCUT2D eigenvalue weighted by Gasteiger charge is 2.19. The number of hydrogen-bond donors (Lipinski definition) is 0. The standard InChI is InChI=1S/C17H22N.4C16H20N.5CH4/c1-13(2)11-15-9-10-18(4)17(12-15)16-8-6-5-7-14(16)3;2*1-5-14-10-16(17(4)11-13(14)3)15-9-7-6-8-12(15)2;2*1-5-14-11-17(4)16(10-13(14)3)15-9-7-6-8-12(15)2;;;;;/h5-10,12-13H,11H2,1-4H3;4*6-11H,5H2,1-4H3;5*1H4/q5*+1;;;;;/i11D2;2*3D3,5D2;5D2;;;;;;. The normalized spacial score (nSPS) is 13.3. The zero-order valence-corrected chi connectivity index (χ0v) is 54.4. The Balaban J connectivity index is 0.000000650. The average Bonchev–Trinajstić information content (AvgIpc) is 0.782. The van der Waals surface area contributed by atoms with Crippen molar-refractivity contribution >= 4 is 0 Å². The second kappa shape index (κ2) is 38.5. The first kappa shape index (κ1) is 59.2. The fraction of sp³-hybridized carbons (Fsp3) is 0.360. The van der Waals surface area contributed by atoms with Gasteiger partial charge in [-0.2, -0.15) is 0 Å². The Kier molecular flexibility index (Phi) is 25.1. The van der Waals surface area contributed by atoms with Crippen molar-refractivity contribution in [3.05, 3.63) is 267 Å². The van der Waals surface area contributed by atoms with Crippen LogP contribution in [0, 0.1) is 68.1 Å². The predicted molar refractivity (Wildman–Crippen MR) is 398 cm³/mol. The van der Waals surface area contributed by atoms with Crippen molar-refractivity contribution in [2.75, 3.05) is 0 Å². The molecule has 91 heavy (non-hydrogen) atoms. The molecule has 0 aliphatic carbocycles. The lowest BCUT2D eigenvalue weighted by Crippen LogP contribution is -2.32. The first-order valence-electron chi connectivity index (χ1n) is 36.7. The van der Waals surface area contributed by atoms with E-state index < -0.39 is 39.2 Å². The fourth-order valence-corrected chi connectivity index (χ4v) is 10.5. The molecule has 0 N–H and O–H groups in total. The highest BCUT2D eigenvalue weighted by molar-refractivity contribution is 5.65. The molecule has 0 fully saturated rings. The van der Waals surface area contributed by atoms with E-state index >= 15 is 0 Å². The molecular formula is C86H122N5+5. The van der Waals surface area contributed by atoms with Gasteiger partial charge in [-0.25, -0.2) is 22.8 Å². The number of hydrogen-bond acceptors (Lipinski definition) is 0. The molecule has 5 aromatic heterocycles. The summed E-state index contributed by atoms with van der Waals surface area (Å²) in [6.07, 6.45) is 4.14. The number of pyridine rings is 5. The SMILES string of the molecule is C.C.C.C.C.CCc1c[n+](C)c(-c2ccccc2C)cc1C.[2H]C([2H])(C)c1c[n+](C)c(-c2ccccc2C)cc1C.[2H]C([2H])([2H])c1c[n+](C)c(-c2ccccc2C)cc1C([2H])([2H])C.[2H]C([2H])([2H])c1c[n+](C)c(-c2ccccc2C)cc1C([2H])([2H])C.[2H]C([2H])(c1cc[n+](C)c(-c2ccccc2C)c1)C(C)C. The lowest BCUT2D eigenvalue weighted by Gasteiger charge is -2.08. The summed E-state index contributed by atoms with van der Waals surface area (Å²) in [4.78, 5) is 0. The van der Waals surface area contributed by atoms with Gasteiger partial charge in [0.1, 0.15) is 35.2 Å². The van der Waals surface area contributed by atoms with Gasteiger partial charge in [0.2, 0.25) is 28.5 Å². The van der Waals surface area contributed by atoms with E-state index in [1.165, 1.54) is 70.9 Å². The van der Waals surface area contributed by atoms with Gasteiger partial charge < -0.3 is 0 Å². The largest absolute Gasteiger partial charge is 0.212 e. The third-order valence-electron chi connectivity index (χ3n) is 15.5. The Hall–Kier alpha value is -8.15. The van der Waals surface area contributed by atoms with Crippen LogP contribution in [0.25, 0.3) is 56.3 Å². The van der Waals surface area contributed by atoms with E-state index in [0.717, 1.165) is 73.7 Å². The number of benzene rings is 5. The van der Waals surface area contributed by atoms with Gasteiger partial charge in [-0.15, -0.1) is 0 Å². The van der Waals surface area contributed by atoms with Gasteiger partial charge in [-0.3, -0.25) is 0 Å². The minimum atomic E-state index is -2.35. The maximum atomic E-state index is 8.26. The smallest absolute Gasteiger partial charge is 0.201 e. The van der Waals surface area contributed by atoms with E-state index in [1.807, 2.05) is 155 Å². The molecule has 0 amide bonds. The third kappa shape index (κ3) is 21.5. The van der Waals surface area contributed by atoms with Crippen molar-refractivity contribution in [2.45, 2.75) is 173 Å². The second-order valence-corrected chi connectivity index (χ2v) is 22.4. The number of rotatable bonds is 11. The van der Waals surface area contributed by atoms with E-state index in [9.17, 15) is 0 Å². The molecule has 0 saturated heterocycles. The van der Waals surface area contributed by atoms with Gasteiger partial charge in [-0.1, -0.05) is 170 Å². The second-order valence-electron chi connectivity index (χ2n) is 22.4. The molecule has 0 radical (unpaired) electrons. The molecule has 5 nitrogen and oxygen atoms in total. The van der Waals surface area contributed by atoms with E-state index in [4.69, 9.17) is 19.2 Å². The Morgan fingerprint density at radius 2 is 0.615 bits per heavy atom. The Morgan fingerprint density at radius 3 is 0.912 bits per heavy atom. The minimum Gasteiger partial charge on any atom is -0.201 e. The lowest BCUT2D eigenvalue weighted by atomic mass is 9.99. The average molecular weight is 1240 g/mol. The molecule has 5 heteroatoms. The molecule has 10 aromatic rings. The maximum Gasteiger partial charge on any atom is 0.212 e. The van der Waals surface area contributed by atoms with Gasteiger partial charge in [-0.05, 0) is 186 Å².